The van der Waals surface area contributed by atoms with Crippen LogP contribution in [-0.2, 0) is 32.6 Å². The van der Waals surface area contributed by atoms with Gasteiger partial charge in [-0.05, 0) is 90.9 Å². The summed E-state index contributed by atoms with van der Waals surface area (Å²) in [7, 11) is -4.21. The largest absolute Gasteiger partial charge is 0.354 e. The van der Waals surface area contributed by atoms with Crippen molar-refractivity contribution in [1.29, 1.82) is 0 Å². The molecule has 0 aromatic heterocycles. The Balaban J connectivity index is 1.82. The van der Waals surface area contributed by atoms with E-state index in [1.165, 1.54) is 29.2 Å². The number of hydrogen-bond acceptors (Lipinski definition) is 4. The van der Waals surface area contributed by atoms with E-state index in [-0.39, 0.29) is 29.7 Å². The number of rotatable bonds is 13. The topological polar surface area (TPSA) is 86.8 Å². The Morgan fingerprint density at radius 1 is 0.804 bits per heavy atom. The highest BCUT2D eigenvalue weighted by Gasteiger charge is 2.35. The monoisotopic (exact) mass is 659 g/mol. The minimum absolute atomic E-state index is 0.00361. The van der Waals surface area contributed by atoms with Crippen molar-refractivity contribution in [2.24, 2.45) is 5.92 Å². The fourth-order valence-electron chi connectivity index (χ4n) is 5.09. The Morgan fingerprint density at radius 2 is 1.46 bits per heavy atom. The van der Waals surface area contributed by atoms with E-state index >= 15 is 0 Å². The molecule has 9 heteroatoms. The molecule has 0 radical (unpaired) electrons. The molecule has 0 aliphatic carbocycles. The Bertz CT molecular complexity index is 1760. The van der Waals surface area contributed by atoms with E-state index in [4.69, 9.17) is 11.6 Å². The summed E-state index contributed by atoms with van der Waals surface area (Å²) in [6.07, 6.45) is 0.260. The second-order valence-electron chi connectivity index (χ2n) is 12.0. The van der Waals surface area contributed by atoms with Crippen LogP contribution in [0, 0.1) is 26.7 Å². The second-order valence-corrected chi connectivity index (χ2v) is 14.3. The Morgan fingerprint density at radius 3 is 2.09 bits per heavy atom. The number of halogens is 1. The van der Waals surface area contributed by atoms with Gasteiger partial charge in [0.1, 0.15) is 12.6 Å². The number of nitrogens with one attached hydrogen (secondary N) is 1. The molecule has 4 rings (SSSR count). The Labute approximate surface area is 278 Å². The standard InChI is InChI=1S/C37H42ClN3O4S/c1-26(2)23-39-37(43)35(22-30-12-7-6-8-13-30)40(24-31-14-10-9-11-28(31)4)36(42)25-41(33-18-15-27(3)29(5)21-33)46(44,45)34-19-16-32(38)17-20-34/h6-21,26,35H,22-25H2,1-5H3,(H,39,43)/t35-/m0/s1. The number of sulfonamides is 1. The number of benzene rings is 4. The predicted molar refractivity (Wildman–Crippen MR) is 185 cm³/mol. The maximum absolute atomic E-state index is 14.6. The number of carbonyl (C=O) groups excluding carboxylic acids is 2. The lowest BCUT2D eigenvalue weighted by Gasteiger charge is -2.34. The molecule has 1 N–H and O–H groups in total. The SMILES string of the molecule is Cc1ccc(N(CC(=O)N(Cc2ccccc2C)[C@@H](Cc2ccccc2)C(=O)NCC(C)C)S(=O)(=O)c2ccc(Cl)cc2)cc1C. The van der Waals surface area contributed by atoms with E-state index < -0.39 is 28.5 Å². The highest BCUT2D eigenvalue weighted by atomic mass is 35.5. The van der Waals surface area contributed by atoms with Crippen molar-refractivity contribution in [3.05, 3.63) is 130 Å². The Hall–Kier alpha value is -4.14. The van der Waals surface area contributed by atoms with Crippen LogP contribution in [0.25, 0.3) is 0 Å². The van der Waals surface area contributed by atoms with Crippen LogP contribution in [0.15, 0.2) is 102 Å². The maximum atomic E-state index is 14.6. The summed E-state index contributed by atoms with van der Waals surface area (Å²) in [6.45, 7) is 9.86. The first-order valence-corrected chi connectivity index (χ1v) is 17.2. The molecule has 0 heterocycles. The highest BCUT2D eigenvalue weighted by Crippen LogP contribution is 2.28. The van der Waals surface area contributed by atoms with Crippen LogP contribution in [0.1, 0.15) is 41.7 Å². The molecule has 7 nitrogen and oxygen atoms in total. The predicted octanol–water partition coefficient (Wildman–Crippen LogP) is 6.87. The van der Waals surface area contributed by atoms with E-state index in [0.29, 0.717) is 17.3 Å². The molecule has 0 saturated carbocycles. The molecule has 242 valence electrons. The smallest absolute Gasteiger partial charge is 0.264 e. The van der Waals surface area contributed by atoms with Crippen LogP contribution < -0.4 is 9.62 Å². The third-order valence-electron chi connectivity index (χ3n) is 8.02. The van der Waals surface area contributed by atoms with Crippen molar-refractivity contribution >= 4 is 39.1 Å². The average molecular weight is 660 g/mol. The van der Waals surface area contributed by atoms with Crippen LogP contribution in [0.5, 0.6) is 0 Å². The fraction of sp³-hybridized carbons (Fsp3) is 0.297. The first kappa shape index (κ1) is 34.7. The molecule has 0 fully saturated rings. The van der Waals surface area contributed by atoms with Gasteiger partial charge in [0, 0.05) is 24.5 Å². The Kier molecular flexibility index (Phi) is 11.7. The molecule has 4 aromatic carbocycles. The third-order valence-corrected chi connectivity index (χ3v) is 10.1. The fourth-order valence-corrected chi connectivity index (χ4v) is 6.62. The molecule has 46 heavy (non-hydrogen) atoms. The molecule has 1 atom stereocenters. The van der Waals surface area contributed by atoms with Crippen LogP contribution in [0.3, 0.4) is 0 Å². The zero-order valence-corrected chi connectivity index (χ0v) is 28.6. The summed E-state index contributed by atoms with van der Waals surface area (Å²) >= 11 is 6.08. The van der Waals surface area contributed by atoms with Crippen LogP contribution in [0.4, 0.5) is 5.69 Å². The van der Waals surface area contributed by atoms with Gasteiger partial charge in [0.2, 0.25) is 11.8 Å². The van der Waals surface area contributed by atoms with Crippen LogP contribution >= 0.6 is 11.6 Å². The number of hydrogen-bond donors (Lipinski definition) is 1. The van der Waals surface area contributed by atoms with Crippen molar-refractivity contribution in [2.75, 3.05) is 17.4 Å². The van der Waals surface area contributed by atoms with E-state index in [1.54, 1.807) is 12.1 Å². The second kappa shape index (κ2) is 15.4. The lowest BCUT2D eigenvalue weighted by Crippen LogP contribution is -2.53. The number of aryl methyl sites for hydroxylation is 3. The molecule has 4 aromatic rings. The summed E-state index contributed by atoms with van der Waals surface area (Å²) in [6, 6.07) is 27.5. The molecule has 0 saturated heterocycles. The number of nitrogens with zero attached hydrogens (tertiary/aromatic N) is 2. The minimum Gasteiger partial charge on any atom is -0.354 e. The van der Waals surface area contributed by atoms with E-state index in [1.807, 2.05) is 95.3 Å². The molecule has 0 bridgehead atoms. The molecular formula is C37H42ClN3O4S. The van der Waals surface area contributed by atoms with Gasteiger partial charge in [-0.1, -0.05) is 86.1 Å². The summed E-state index contributed by atoms with van der Waals surface area (Å²) < 4.78 is 29.6. The highest BCUT2D eigenvalue weighted by molar-refractivity contribution is 7.92. The summed E-state index contributed by atoms with van der Waals surface area (Å²) in [5, 5.41) is 3.42. The molecule has 0 aliphatic heterocycles. The zero-order valence-electron chi connectivity index (χ0n) is 27.0. The lowest BCUT2D eigenvalue weighted by molar-refractivity contribution is -0.140. The van der Waals surface area contributed by atoms with Gasteiger partial charge in [0.15, 0.2) is 0 Å². The van der Waals surface area contributed by atoms with Crippen molar-refractivity contribution in [2.45, 2.75) is 58.5 Å². The summed E-state index contributed by atoms with van der Waals surface area (Å²) in [5.41, 5.74) is 4.93. The molecular weight excluding hydrogens is 618 g/mol. The van der Waals surface area contributed by atoms with Gasteiger partial charge in [0.05, 0.1) is 10.6 Å². The molecule has 0 unspecified atom stereocenters. The number of anilines is 1. The van der Waals surface area contributed by atoms with Crippen molar-refractivity contribution in [1.82, 2.24) is 10.2 Å². The first-order chi connectivity index (χ1) is 21.9. The van der Waals surface area contributed by atoms with Crippen LogP contribution in [0.2, 0.25) is 5.02 Å². The summed E-state index contributed by atoms with van der Waals surface area (Å²) in [4.78, 5) is 30.1. The van der Waals surface area contributed by atoms with Gasteiger partial charge in [0.25, 0.3) is 10.0 Å². The van der Waals surface area contributed by atoms with Gasteiger partial charge in [-0.2, -0.15) is 0 Å². The van der Waals surface area contributed by atoms with Crippen molar-refractivity contribution < 1.29 is 18.0 Å². The van der Waals surface area contributed by atoms with Gasteiger partial charge in [-0.25, -0.2) is 8.42 Å². The third kappa shape index (κ3) is 8.77. The van der Waals surface area contributed by atoms with Crippen LogP contribution in [-0.4, -0.2) is 44.3 Å². The maximum Gasteiger partial charge on any atom is 0.264 e. The van der Waals surface area contributed by atoms with Gasteiger partial charge < -0.3 is 10.2 Å². The van der Waals surface area contributed by atoms with Crippen molar-refractivity contribution in [3.63, 3.8) is 0 Å². The molecule has 0 aliphatic rings. The van der Waals surface area contributed by atoms with Gasteiger partial charge in [-0.3, -0.25) is 13.9 Å². The van der Waals surface area contributed by atoms with E-state index in [9.17, 15) is 18.0 Å². The zero-order chi connectivity index (χ0) is 33.4. The van der Waals surface area contributed by atoms with Gasteiger partial charge >= 0.3 is 0 Å². The summed E-state index contributed by atoms with van der Waals surface area (Å²) in [5.74, 6) is -0.593. The normalized spacial score (nSPS) is 12.1. The molecule has 0 spiro atoms. The van der Waals surface area contributed by atoms with Crippen molar-refractivity contribution in [3.8, 4) is 0 Å². The van der Waals surface area contributed by atoms with E-state index in [2.05, 4.69) is 5.32 Å². The van der Waals surface area contributed by atoms with Gasteiger partial charge in [-0.15, -0.1) is 0 Å². The lowest BCUT2D eigenvalue weighted by atomic mass is 10.0. The number of carbonyl (C=O) groups is 2. The first-order valence-electron chi connectivity index (χ1n) is 15.4. The molecule has 2 amide bonds. The van der Waals surface area contributed by atoms with E-state index in [0.717, 1.165) is 32.1 Å². The average Bonchev–Trinajstić information content (AvgIpc) is 3.03. The minimum atomic E-state index is -4.21. The quantitative estimate of drug-likeness (QED) is 0.170. The number of amides is 2.